The third kappa shape index (κ3) is 2.72. The lowest BCUT2D eigenvalue weighted by Crippen LogP contribution is -2.07. The predicted molar refractivity (Wildman–Crippen MR) is 104 cm³/mol. The highest BCUT2D eigenvalue weighted by molar-refractivity contribution is 5.97. The van der Waals surface area contributed by atoms with Crippen LogP contribution in [-0.4, -0.2) is 23.6 Å². The molecular weight excluding hydrogens is 324 g/mol. The van der Waals surface area contributed by atoms with E-state index >= 15 is 0 Å². The Kier molecular flexibility index (Phi) is 4.16. The summed E-state index contributed by atoms with van der Waals surface area (Å²) in [7, 11) is 1.62. The number of aromatic amines is 1. The second-order valence-corrected chi connectivity index (χ2v) is 6.05. The van der Waals surface area contributed by atoms with Gasteiger partial charge in [0, 0.05) is 35.2 Å². The number of aromatic nitrogens is 2. The van der Waals surface area contributed by atoms with Crippen LogP contribution in [0, 0.1) is 11.3 Å². The molecule has 0 aliphatic heterocycles. The first-order valence-electron chi connectivity index (χ1n) is 8.46. The summed E-state index contributed by atoms with van der Waals surface area (Å²) in [4.78, 5) is 7.69. The molecule has 0 unspecified atom stereocenters. The fraction of sp³-hybridized carbons (Fsp3) is 0.143. The highest BCUT2D eigenvalue weighted by Crippen LogP contribution is 2.31. The van der Waals surface area contributed by atoms with Gasteiger partial charge in [0.1, 0.15) is 17.3 Å². The Morgan fingerprint density at radius 1 is 1.15 bits per heavy atom. The molecule has 0 spiro atoms. The molecule has 2 aromatic carbocycles. The minimum atomic E-state index is 0.532. The number of para-hydroxylation sites is 2. The van der Waals surface area contributed by atoms with Crippen LogP contribution in [0.2, 0.25) is 0 Å². The first-order valence-corrected chi connectivity index (χ1v) is 8.46. The third-order valence-corrected chi connectivity index (χ3v) is 4.57. The number of fused-ring (bicyclic) bond motifs is 2. The quantitative estimate of drug-likeness (QED) is 0.568. The number of H-pyrrole nitrogens is 1. The molecule has 0 saturated carbocycles. The number of hydrogen-bond donors (Lipinski definition) is 2. The fourth-order valence-corrected chi connectivity index (χ4v) is 3.30. The molecule has 2 heterocycles. The van der Waals surface area contributed by atoms with Crippen LogP contribution in [-0.2, 0) is 6.42 Å². The van der Waals surface area contributed by atoms with Crippen molar-refractivity contribution in [3.63, 3.8) is 0 Å². The van der Waals surface area contributed by atoms with Crippen molar-refractivity contribution >= 4 is 27.5 Å². The predicted octanol–water partition coefficient (Wildman–Crippen LogP) is 4.25. The summed E-state index contributed by atoms with van der Waals surface area (Å²) in [5.74, 6) is 0.701. The van der Waals surface area contributed by atoms with E-state index in [0.717, 1.165) is 28.5 Å². The van der Waals surface area contributed by atoms with Crippen molar-refractivity contribution in [1.82, 2.24) is 9.97 Å². The number of pyridine rings is 1. The second-order valence-electron chi connectivity index (χ2n) is 6.05. The zero-order chi connectivity index (χ0) is 17.9. The number of methoxy groups -OCH3 is 1. The molecule has 4 aromatic rings. The van der Waals surface area contributed by atoms with Gasteiger partial charge in [-0.1, -0.05) is 30.3 Å². The maximum atomic E-state index is 9.46. The van der Waals surface area contributed by atoms with E-state index < -0.39 is 0 Å². The molecular formula is C21H18N4O. The SMILES string of the molecule is COc1cccc2c(NCCc3c[nH]c4ccccc34)c(C#N)cnc12. The van der Waals surface area contributed by atoms with E-state index in [4.69, 9.17) is 4.74 Å². The first-order chi connectivity index (χ1) is 12.8. The molecule has 0 atom stereocenters. The minimum Gasteiger partial charge on any atom is -0.494 e. The monoisotopic (exact) mass is 342 g/mol. The van der Waals surface area contributed by atoms with E-state index in [9.17, 15) is 5.26 Å². The number of rotatable bonds is 5. The molecule has 4 rings (SSSR count). The zero-order valence-electron chi connectivity index (χ0n) is 14.4. The molecule has 0 amide bonds. The van der Waals surface area contributed by atoms with Crippen molar-refractivity contribution in [2.75, 3.05) is 19.0 Å². The van der Waals surface area contributed by atoms with Gasteiger partial charge in [-0.15, -0.1) is 0 Å². The van der Waals surface area contributed by atoms with Crippen LogP contribution in [0.1, 0.15) is 11.1 Å². The normalized spacial score (nSPS) is 10.8. The molecule has 2 aromatic heterocycles. The molecule has 128 valence electrons. The molecule has 0 aliphatic rings. The van der Waals surface area contributed by atoms with Gasteiger partial charge in [0.15, 0.2) is 0 Å². The minimum absolute atomic E-state index is 0.532. The lowest BCUT2D eigenvalue weighted by Gasteiger charge is -2.12. The summed E-state index contributed by atoms with van der Waals surface area (Å²) in [6, 6.07) is 16.2. The van der Waals surface area contributed by atoms with E-state index in [1.54, 1.807) is 13.3 Å². The maximum absolute atomic E-state index is 9.46. The second kappa shape index (κ2) is 6.77. The molecule has 5 heteroatoms. The van der Waals surface area contributed by atoms with Crippen LogP contribution >= 0.6 is 0 Å². The lowest BCUT2D eigenvalue weighted by atomic mass is 10.1. The Morgan fingerprint density at radius 2 is 2.00 bits per heavy atom. The molecule has 26 heavy (non-hydrogen) atoms. The Morgan fingerprint density at radius 3 is 2.85 bits per heavy atom. The number of hydrogen-bond acceptors (Lipinski definition) is 4. The average molecular weight is 342 g/mol. The van der Waals surface area contributed by atoms with Gasteiger partial charge in [-0.25, -0.2) is 0 Å². The summed E-state index contributed by atoms with van der Waals surface area (Å²) < 4.78 is 5.39. The Balaban J connectivity index is 1.63. The van der Waals surface area contributed by atoms with Crippen LogP contribution in [0.4, 0.5) is 5.69 Å². The van der Waals surface area contributed by atoms with Crippen LogP contribution in [0.25, 0.3) is 21.8 Å². The van der Waals surface area contributed by atoms with E-state index in [1.807, 2.05) is 36.5 Å². The summed E-state index contributed by atoms with van der Waals surface area (Å²) in [6.45, 7) is 0.715. The third-order valence-electron chi connectivity index (χ3n) is 4.57. The van der Waals surface area contributed by atoms with Crippen molar-refractivity contribution in [2.45, 2.75) is 6.42 Å². The van der Waals surface area contributed by atoms with Crippen LogP contribution in [0.5, 0.6) is 5.75 Å². The van der Waals surface area contributed by atoms with Gasteiger partial charge >= 0.3 is 0 Å². The maximum Gasteiger partial charge on any atom is 0.145 e. The van der Waals surface area contributed by atoms with Crippen molar-refractivity contribution in [1.29, 1.82) is 5.26 Å². The van der Waals surface area contributed by atoms with Crippen LogP contribution in [0.3, 0.4) is 0 Å². The number of nitrogens with one attached hydrogen (secondary N) is 2. The number of benzene rings is 2. The van der Waals surface area contributed by atoms with Gasteiger partial charge in [-0.3, -0.25) is 4.98 Å². The Labute approximate surface area is 151 Å². The molecule has 0 radical (unpaired) electrons. The van der Waals surface area contributed by atoms with E-state index in [1.165, 1.54) is 10.9 Å². The summed E-state index contributed by atoms with van der Waals surface area (Å²) in [6.07, 6.45) is 4.49. The van der Waals surface area contributed by atoms with Crippen molar-refractivity contribution in [3.05, 3.63) is 66.0 Å². The molecule has 2 N–H and O–H groups in total. The van der Waals surface area contributed by atoms with Gasteiger partial charge in [0.2, 0.25) is 0 Å². The van der Waals surface area contributed by atoms with E-state index in [-0.39, 0.29) is 0 Å². The van der Waals surface area contributed by atoms with Crippen molar-refractivity contribution < 1.29 is 4.74 Å². The highest BCUT2D eigenvalue weighted by Gasteiger charge is 2.12. The Hall–Kier alpha value is -3.52. The number of nitrogens with zero attached hydrogens (tertiary/aromatic N) is 2. The number of nitriles is 1. The number of anilines is 1. The van der Waals surface area contributed by atoms with Gasteiger partial charge in [0.25, 0.3) is 0 Å². The topological polar surface area (TPSA) is 73.7 Å². The molecule has 0 aliphatic carbocycles. The highest BCUT2D eigenvalue weighted by atomic mass is 16.5. The standard InChI is InChI=1S/C21H18N4O/c1-26-19-8-4-6-17-20(15(11-22)13-25-21(17)19)23-10-9-14-12-24-18-7-3-2-5-16(14)18/h2-8,12-13,24H,9-10H2,1H3,(H,23,25). The fourth-order valence-electron chi connectivity index (χ4n) is 3.30. The molecule has 0 bridgehead atoms. The van der Waals surface area contributed by atoms with Gasteiger partial charge in [-0.2, -0.15) is 5.26 Å². The van der Waals surface area contributed by atoms with Gasteiger partial charge < -0.3 is 15.0 Å². The average Bonchev–Trinajstić information content (AvgIpc) is 3.10. The van der Waals surface area contributed by atoms with Crippen molar-refractivity contribution in [3.8, 4) is 11.8 Å². The smallest absolute Gasteiger partial charge is 0.145 e. The van der Waals surface area contributed by atoms with Crippen LogP contribution in [0.15, 0.2) is 54.9 Å². The van der Waals surface area contributed by atoms with Crippen molar-refractivity contribution in [2.24, 2.45) is 0 Å². The molecule has 0 fully saturated rings. The summed E-state index contributed by atoms with van der Waals surface area (Å²) >= 11 is 0. The van der Waals surface area contributed by atoms with Crippen LogP contribution < -0.4 is 10.1 Å². The van der Waals surface area contributed by atoms with Gasteiger partial charge in [0.05, 0.1) is 18.4 Å². The zero-order valence-corrected chi connectivity index (χ0v) is 14.4. The summed E-state index contributed by atoms with van der Waals surface area (Å²) in [5, 5.41) is 15.0. The Bertz CT molecular complexity index is 1120. The largest absolute Gasteiger partial charge is 0.494 e. The lowest BCUT2D eigenvalue weighted by molar-refractivity contribution is 0.419. The van der Waals surface area contributed by atoms with Gasteiger partial charge in [-0.05, 0) is 24.1 Å². The van der Waals surface area contributed by atoms with E-state index in [2.05, 4.69) is 33.5 Å². The first kappa shape index (κ1) is 16.0. The molecule has 0 saturated heterocycles. The summed E-state index contributed by atoms with van der Waals surface area (Å²) in [5.41, 5.74) is 4.48. The number of ether oxygens (including phenoxy) is 1. The van der Waals surface area contributed by atoms with E-state index in [0.29, 0.717) is 17.9 Å². The molecule has 5 nitrogen and oxygen atoms in total.